The Morgan fingerprint density at radius 2 is 2.17 bits per heavy atom. The van der Waals surface area contributed by atoms with Crippen LogP contribution in [0.4, 0.5) is 8.78 Å². The Balaban J connectivity index is 2.03. The first-order valence-electron chi connectivity index (χ1n) is 6.33. The number of rotatable bonds is 4. The van der Waals surface area contributed by atoms with Crippen LogP contribution in [-0.4, -0.2) is 25.8 Å². The van der Waals surface area contributed by atoms with Gasteiger partial charge in [-0.05, 0) is 44.5 Å². The van der Waals surface area contributed by atoms with Gasteiger partial charge >= 0.3 is 0 Å². The average molecular weight is 255 g/mol. The maximum absolute atomic E-state index is 13.2. The van der Waals surface area contributed by atoms with Gasteiger partial charge in [-0.15, -0.1) is 0 Å². The fraction of sp³-hybridized carbons (Fsp3) is 0.571. The van der Waals surface area contributed by atoms with Crippen molar-refractivity contribution in [2.75, 3.05) is 13.7 Å². The monoisotopic (exact) mass is 255 g/mol. The second-order valence-corrected chi connectivity index (χ2v) is 4.99. The summed E-state index contributed by atoms with van der Waals surface area (Å²) in [5.74, 6) is -1.14. The van der Waals surface area contributed by atoms with Gasteiger partial charge < -0.3 is 10.1 Å². The normalized spacial score (nSPS) is 25.3. The van der Waals surface area contributed by atoms with E-state index in [0.29, 0.717) is 12.3 Å². The van der Waals surface area contributed by atoms with Crippen LogP contribution in [0, 0.1) is 17.6 Å². The van der Waals surface area contributed by atoms with Crippen molar-refractivity contribution >= 4 is 0 Å². The van der Waals surface area contributed by atoms with Crippen LogP contribution in [0.25, 0.3) is 0 Å². The molecule has 0 spiro atoms. The molecule has 0 aliphatic carbocycles. The summed E-state index contributed by atoms with van der Waals surface area (Å²) in [6, 6.07) is 4.34. The van der Waals surface area contributed by atoms with E-state index in [-0.39, 0.29) is 12.1 Å². The molecule has 100 valence electrons. The summed E-state index contributed by atoms with van der Waals surface area (Å²) in [7, 11) is 1.90. The standard InChI is InChI=1S/C14H19F2NO/c1-9-5-11(8-18-9)14(17-2)7-10-3-4-12(15)13(16)6-10/h3-4,6,9,11,14,17H,5,7-8H2,1-2H3. The summed E-state index contributed by atoms with van der Waals surface area (Å²) in [5.41, 5.74) is 0.813. The molecule has 18 heavy (non-hydrogen) atoms. The van der Waals surface area contributed by atoms with Gasteiger partial charge in [-0.2, -0.15) is 0 Å². The molecule has 0 radical (unpaired) electrons. The van der Waals surface area contributed by atoms with Crippen LogP contribution in [0.15, 0.2) is 18.2 Å². The molecule has 0 bridgehead atoms. The summed E-state index contributed by atoms with van der Waals surface area (Å²) in [5, 5.41) is 3.25. The van der Waals surface area contributed by atoms with Crippen LogP contribution in [-0.2, 0) is 11.2 Å². The summed E-state index contributed by atoms with van der Waals surface area (Å²) in [4.78, 5) is 0. The summed E-state index contributed by atoms with van der Waals surface area (Å²) in [6.45, 7) is 2.79. The summed E-state index contributed by atoms with van der Waals surface area (Å²) >= 11 is 0. The van der Waals surface area contributed by atoms with Crippen molar-refractivity contribution in [2.45, 2.75) is 31.9 Å². The molecule has 0 saturated carbocycles. The number of halogens is 2. The molecule has 2 rings (SSSR count). The predicted octanol–water partition coefficient (Wildman–Crippen LogP) is 2.52. The number of hydrogen-bond donors (Lipinski definition) is 1. The van der Waals surface area contributed by atoms with E-state index in [2.05, 4.69) is 12.2 Å². The molecular formula is C14H19F2NO. The molecule has 4 heteroatoms. The third-order valence-corrected chi connectivity index (χ3v) is 3.61. The highest BCUT2D eigenvalue weighted by Gasteiger charge is 2.28. The van der Waals surface area contributed by atoms with E-state index in [1.165, 1.54) is 12.1 Å². The van der Waals surface area contributed by atoms with Crippen LogP contribution >= 0.6 is 0 Å². The van der Waals surface area contributed by atoms with E-state index in [9.17, 15) is 8.78 Å². The third-order valence-electron chi connectivity index (χ3n) is 3.61. The molecule has 0 aromatic heterocycles. The van der Waals surface area contributed by atoms with Crippen molar-refractivity contribution in [3.8, 4) is 0 Å². The average Bonchev–Trinajstić information content (AvgIpc) is 2.77. The molecule has 2 nitrogen and oxygen atoms in total. The molecule has 3 atom stereocenters. The molecule has 1 aliphatic heterocycles. The maximum atomic E-state index is 13.2. The smallest absolute Gasteiger partial charge is 0.159 e. The first kappa shape index (κ1) is 13.4. The van der Waals surface area contributed by atoms with Gasteiger partial charge in [-0.1, -0.05) is 6.07 Å². The lowest BCUT2D eigenvalue weighted by Crippen LogP contribution is -2.36. The second kappa shape index (κ2) is 5.76. The van der Waals surface area contributed by atoms with E-state index in [0.717, 1.165) is 18.6 Å². The van der Waals surface area contributed by atoms with E-state index in [1.807, 2.05) is 7.05 Å². The molecule has 1 N–H and O–H groups in total. The van der Waals surface area contributed by atoms with Crippen LogP contribution < -0.4 is 5.32 Å². The van der Waals surface area contributed by atoms with Gasteiger partial charge in [0.2, 0.25) is 0 Å². The number of benzene rings is 1. The first-order chi connectivity index (χ1) is 8.60. The van der Waals surface area contributed by atoms with Gasteiger partial charge in [0, 0.05) is 12.0 Å². The zero-order chi connectivity index (χ0) is 13.1. The molecule has 1 heterocycles. The van der Waals surface area contributed by atoms with Crippen molar-refractivity contribution < 1.29 is 13.5 Å². The highest BCUT2D eigenvalue weighted by molar-refractivity contribution is 5.19. The number of hydrogen-bond acceptors (Lipinski definition) is 2. The number of nitrogens with one attached hydrogen (secondary N) is 1. The Kier molecular flexibility index (Phi) is 4.30. The maximum Gasteiger partial charge on any atom is 0.159 e. The quantitative estimate of drug-likeness (QED) is 0.892. The first-order valence-corrected chi connectivity index (χ1v) is 6.33. The summed E-state index contributed by atoms with van der Waals surface area (Å²) in [6.07, 6.45) is 1.99. The Labute approximate surface area is 106 Å². The van der Waals surface area contributed by atoms with E-state index in [4.69, 9.17) is 4.74 Å². The number of ether oxygens (including phenoxy) is 1. The Morgan fingerprint density at radius 1 is 1.39 bits per heavy atom. The molecule has 1 saturated heterocycles. The van der Waals surface area contributed by atoms with E-state index >= 15 is 0 Å². The topological polar surface area (TPSA) is 21.3 Å². The van der Waals surface area contributed by atoms with Crippen LogP contribution in [0.2, 0.25) is 0 Å². The van der Waals surface area contributed by atoms with Crippen LogP contribution in [0.5, 0.6) is 0 Å². The second-order valence-electron chi connectivity index (χ2n) is 4.99. The minimum atomic E-state index is -0.794. The highest BCUT2D eigenvalue weighted by Crippen LogP contribution is 2.24. The largest absolute Gasteiger partial charge is 0.378 e. The van der Waals surface area contributed by atoms with Crippen LogP contribution in [0.3, 0.4) is 0 Å². The lowest BCUT2D eigenvalue weighted by molar-refractivity contribution is 0.117. The van der Waals surface area contributed by atoms with E-state index in [1.54, 1.807) is 6.07 Å². The van der Waals surface area contributed by atoms with Gasteiger partial charge in [-0.3, -0.25) is 0 Å². The van der Waals surface area contributed by atoms with Crippen molar-refractivity contribution in [1.82, 2.24) is 5.32 Å². The van der Waals surface area contributed by atoms with Gasteiger partial charge in [0.25, 0.3) is 0 Å². The predicted molar refractivity (Wildman–Crippen MR) is 66.4 cm³/mol. The minimum Gasteiger partial charge on any atom is -0.378 e. The molecule has 1 aliphatic rings. The Hall–Kier alpha value is -1.00. The molecule has 1 fully saturated rings. The van der Waals surface area contributed by atoms with Crippen molar-refractivity contribution in [2.24, 2.45) is 5.92 Å². The minimum absolute atomic E-state index is 0.236. The lowest BCUT2D eigenvalue weighted by atomic mass is 9.91. The van der Waals surface area contributed by atoms with Gasteiger partial charge in [-0.25, -0.2) is 8.78 Å². The molecule has 3 unspecified atom stereocenters. The molecule has 0 amide bonds. The van der Waals surface area contributed by atoms with Crippen molar-refractivity contribution in [3.63, 3.8) is 0 Å². The fourth-order valence-electron chi connectivity index (χ4n) is 2.56. The Bertz CT molecular complexity index is 411. The highest BCUT2D eigenvalue weighted by atomic mass is 19.2. The zero-order valence-corrected chi connectivity index (χ0v) is 10.7. The summed E-state index contributed by atoms with van der Waals surface area (Å²) < 4.78 is 31.6. The SMILES string of the molecule is CNC(Cc1ccc(F)c(F)c1)C1COC(C)C1. The molecular weight excluding hydrogens is 236 g/mol. The molecule has 1 aromatic carbocycles. The third kappa shape index (κ3) is 3.06. The zero-order valence-electron chi connectivity index (χ0n) is 10.7. The van der Waals surface area contributed by atoms with Gasteiger partial charge in [0.1, 0.15) is 0 Å². The Morgan fingerprint density at radius 3 is 2.72 bits per heavy atom. The van der Waals surface area contributed by atoms with Crippen molar-refractivity contribution in [1.29, 1.82) is 0 Å². The van der Waals surface area contributed by atoms with Crippen molar-refractivity contribution in [3.05, 3.63) is 35.4 Å². The molecule has 1 aromatic rings. The number of likely N-dealkylation sites (N-methyl/N-ethyl adjacent to an activating group) is 1. The van der Waals surface area contributed by atoms with Crippen LogP contribution in [0.1, 0.15) is 18.9 Å². The van der Waals surface area contributed by atoms with Gasteiger partial charge in [0.05, 0.1) is 12.7 Å². The van der Waals surface area contributed by atoms with E-state index < -0.39 is 11.6 Å². The lowest BCUT2D eigenvalue weighted by Gasteiger charge is -2.22. The fourth-order valence-corrected chi connectivity index (χ4v) is 2.56. The van der Waals surface area contributed by atoms with Gasteiger partial charge in [0.15, 0.2) is 11.6 Å².